The molecular weight excluding hydrogens is 261 g/mol. The number of azide groups is 1. The number of halogens is 3. The van der Waals surface area contributed by atoms with Crippen molar-refractivity contribution < 1.29 is 18.0 Å². The van der Waals surface area contributed by atoms with Crippen LogP contribution in [0.2, 0.25) is 0 Å². The minimum atomic E-state index is -1.61. The lowest BCUT2D eigenvalue weighted by molar-refractivity contribution is -0.117. The predicted octanol–water partition coefficient (Wildman–Crippen LogP) is 2.77. The molecule has 1 aliphatic rings. The highest BCUT2D eigenvalue weighted by molar-refractivity contribution is 5.95. The van der Waals surface area contributed by atoms with E-state index in [2.05, 4.69) is 10.0 Å². The second-order valence-electron chi connectivity index (χ2n) is 4.18. The maximum absolute atomic E-state index is 13.6. The van der Waals surface area contributed by atoms with Crippen LogP contribution in [0.5, 0.6) is 0 Å². The van der Waals surface area contributed by atoms with E-state index in [1.165, 1.54) is 0 Å². The molecule has 19 heavy (non-hydrogen) atoms. The van der Waals surface area contributed by atoms with E-state index in [1.54, 1.807) is 0 Å². The van der Waals surface area contributed by atoms with E-state index in [0.29, 0.717) is 0 Å². The van der Waals surface area contributed by atoms with E-state index in [0.717, 1.165) is 17.0 Å². The summed E-state index contributed by atoms with van der Waals surface area (Å²) < 4.78 is 39.5. The Morgan fingerprint density at radius 2 is 2.11 bits per heavy atom. The van der Waals surface area contributed by atoms with Gasteiger partial charge in [-0.05, 0) is 23.6 Å². The van der Waals surface area contributed by atoms with E-state index in [9.17, 15) is 18.0 Å². The standard InChI is InChI=1S/C11H9F3N4O/c12-7-1-2-8(11(14)10(7)13)18-5-6(3-9(18)19)4-16-17-15/h1-2,6H,3-5H2. The quantitative estimate of drug-likeness (QED) is 0.360. The number of hydrogen-bond donors (Lipinski definition) is 0. The monoisotopic (exact) mass is 270 g/mol. The van der Waals surface area contributed by atoms with Crippen LogP contribution in [0, 0.1) is 23.4 Å². The fraction of sp³-hybridized carbons (Fsp3) is 0.364. The molecule has 1 amide bonds. The first kappa shape index (κ1) is 13.2. The molecule has 0 N–H and O–H groups in total. The summed E-state index contributed by atoms with van der Waals surface area (Å²) in [5, 5.41) is 3.34. The molecule has 100 valence electrons. The van der Waals surface area contributed by atoms with Crippen molar-refractivity contribution in [3.8, 4) is 0 Å². The van der Waals surface area contributed by atoms with Crippen LogP contribution in [-0.4, -0.2) is 19.0 Å². The summed E-state index contributed by atoms with van der Waals surface area (Å²) in [6, 6.07) is 1.78. The Morgan fingerprint density at radius 1 is 1.37 bits per heavy atom. The van der Waals surface area contributed by atoms with Gasteiger partial charge in [-0.3, -0.25) is 4.79 Å². The molecule has 1 heterocycles. The summed E-state index contributed by atoms with van der Waals surface area (Å²) in [6.07, 6.45) is 0.0808. The van der Waals surface area contributed by atoms with Crippen molar-refractivity contribution in [2.75, 3.05) is 18.0 Å². The lowest BCUT2D eigenvalue weighted by Crippen LogP contribution is -2.26. The van der Waals surface area contributed by atoms with Gasteiger partial charge >= 0.3 is 0 Å². The summed E-state index contributed by atoms with van der Waals surface area (Å²) in [5.74, 6) is -4.97. The molecule has 1 aromatic rings. The molecule has 2 rings (SSSR count). The number of hydrogen-bond acceptors (Lipinski definition) is 2. The highest BCUT2D eigenvalue weighted by Gasteiger charge is 2.32. The van der Waals surface area contributed by atoms with Crippen LogP contribution >= 0.6 is 0 Å². The minimum Gasteiger partial charge on any atom is -0.309 e. The topological polar surface area (TPSA) is 69.1 Å². The Hall–Kier alpha value is -2.21. The van der Waals surface area contributed by atoms with Crippen molar-refractivity contribution >= 4 is 11.6 Å². The first-order valence-electron chi connectivity index (χ1n) is 5.49. The van der Waals surface area contributed by atoms with Gasteiger partial charge in [0.2, 0.25) is 5.91 Å². The minimum absolute atomic E-state index is 0.0808. The lowest BCUT2D eigenvalue weighted by Gasteiger charge is -2.17. The molecular formula is C11H9F3N4O. The van der Waals surface area contributed by atoms with Gasteiger partial charge in [0.05, 0.1) is 5.69 Å². The van der Waals surface area contributed by atoms with Gasteiger partial charge in [-0.25, -0.2) is 13.2 Å². The maximum atomic E-state index is 13.6. The summed E-state index contributed by atoms with van der Waals surface area (Å²) in [7, 11) is 0. The van der Waals surface area contributed by atoms with Crippen molar-refractivity contribution in [1.82, 2.24) is 0 Å². The van der Waals surface area contributed by atoms with E-state index in [4.69, 9.17) is 5.53 Å². The Bertz CT molecular complexity index is 571. The molecule has 1 fully saturated rings. The first-order chi connectivity index (χ1) is 9.04. The molecule has 5 nitrogen and oxygen atoms in total. The normalized spacial score (nSPS) is 18.6. The molecule has 1 aromatic carbocycles. The first-order valence-corrected chi connectivity index (χ1v) is 5.49. The molecule has 0 aromatic heterocycles. The second-order valence-corrected chi connectivity index (χ2v) is 4.18. The van der Waals surface area contributed by atoms with Crippen molar-refractivity contribution in [1.29, 1.82) is 0 Å². The fourth-order valence-corrected chi connectivity index (χ4v) is 2.01. The van der Waals surface area contributed by atoms with E-state index in [-0.39, 0.29) is 31.1 Å². The molecule has 0 bridgehead atoms. The van der Waals surface area contributed by atoms with Gasteiger partial charge in [-0.1, -0.05) is 5.11 Å². The number of amides is 1. The van der Waals surface area contributed by atoms with Crippen LogP contribution in [0.3, 0.4) is 0 Å². The molecule has 1 atom stereocenters. The Balaban J connectivity index is 2.26. The number of nitrogens with zero attached hydrogens (tertiary/aromatic N) is 4. The van der Waals surface area contributed by atoms with Crippen LogP contribution in [0.1, 0.15) is 6.42 Å². The predicted molar refractivity (Wildman–Crippen MR) is 60.8 cm³/mol. The van der Waals surface area contributed by atoms with Gasteiger partial charge in [-0.15, -0.1) is 0 Å². The molecule has 0 saturated carbocycles. The van der Waals surface area contributed by atoms with Gasteiger partial charge in [0.1, 0.15) is 0 Å². The van der Waals surface area contributed by atoms with E-state index < -0.39 is 23.4 Å². The van der Waals surface area contributed by atoms with E-state index >= 15 is 0 Å². The van der Waals surface area contributed by atoms with Crippen molar-refractivity contribution in [3.05, 3.63) is 40.0 Å². The van der Waals surface area contributed by atoms with Gasteiger partial charge in [0, 0.05) is 24.4 Å². The third-order valence-corrected chi connectivity index (χ3v) is 2.91. The summed E-state index contributed by atoms with van der Waals surface area (Å²) >= 11 is 0. The average Bonchev–Trinajstić information content (AvgIpc) is 2.75. The summed E-state index contributed by atoms with van der Waals surface area (Å²) in [6.45, 7) is 0.212. The highest BCUT2D eigenvalue weighted by atomic mass is 19.2. The zero-order chi connectivity index (χ0) is 14.0. The van der Waals surface area contributed by atoms with Crippen LogP contribution in [0.4, 0.5) is 18.9 Å². The van der Waals surface area contributed by atoms with Gasteiger partial charge in [0.15, 0.2) is 17.5 Å². The van der Waals surface area contributed by atoms with Crippen molar-refractivity contribution in [2.45, 2.75) is 6.42 Å². The molecule has 0 radical (unpaired) electrons. The molecule has 0 aliphatic carbocycles. The van der Waals surface area contributed by atoms with Crippen LogP contribution in [0.15, 0.2) is 17.2 Å². The fourth-order valence-electron chi connectivity index (χ4n) is 2.01. The Labute approximate surface area is 106 Å². The third-order valence-electron chi connectivity index (χ3n) is 2.91. The highest BCUT2D eigenvalue weighted by Crippen LogP contribution is 2.29. The smallest absolute Gasteiger partial charge is 0.227 e. The van der Waals surface area contributed by atoms with Crippen LogP contribution in [0.25, 0.3) is 10.4 Å². The molecule has 8 heteroatoms. The summed E-state index contributed by atoms with van der Waals surface area (Å²) in [4.78, 5) is 15.3. The molecule has 0 spiro atoms. The van der Waals surface area contributed by atoms with Crippen LogP contribution < -0.4 is 4.90 Å². The zero-order valence-corrected chi connectivity index (χ0v) is 9.68. The van der Waals surface area contributed by atoms with Crippen molar-refractivity contribution in [3.63, 3.8) is 0 Å². The average molecular weight is 270 g/mol. The van der Waals surface area contributed by atoms with Gasteiger partial charge in [-0.2, -0.15) is 0 Å². The maximum Gasteiger partial charge on any atom is 0.227 e. The number of anilines is 1. The van der Waals surface area contributed by atoms with E-state index in [1.807, 2.05) is 0 Å². The molecule has 1 unspecified atom stereocenters. The van der Waals surface area contributed by atoms with Crippen molar-refractivity contribution in [2.24, 2.45) is 11.0 Å². The number of benzene rings is 1. The largest absolute Gasteiger partial charge is 0.309 e. The number of carbonyl (C=O) groups is 1. The number of carbonyl (C=O) groups excluding carboxylic acids is 1. The summed E-state index contributed by atoms with van der Waals surface area (Å²) in [5.41, 5.74) is 7.90. The Kier molecular flexibility index (Phi) is 3.62. The van der Waals surface area contributed by atoms with Gasteiger partial charge < -0.3 is 4.90 Å². The molecule has 1 aliphatic heterocycles. The number of rotatable bonds is 3. The zero-order valence-electron chi connectivity index (χ0n) is 9.68. The SMILES string of the molecule is [N-]=[N+]=NCC1CC(=O)N(c2ccc(F)c(F)c2F)C1. The lowest BCUT2D eigenvalue weighted by atomic mass is 10.1. The second kappa shape index (κ2) is 5.19. The van der Waals surface area contributed by atoms with Gasteiger partial charge in [0.25, 0.3) is 0 Å². The molecule has 1 saturated heterocycles. The Morgan fingerprint density at radius 3 is 2.79 bits per heavy atom. The van der Waals surface area contributed by atoms with Crippen LogP contribution in [-0.2, 0) is 4.79 Å². The third kappa shape index (κ3) is 2.48.